The van der Waals surface area contributed by atoms with Crippen molar-refractivity contribution in [2.45, 2.75) is 27.7 Å². The van der Waals surface area contributed by atoms with Crippen LogP contribution in [-0.4, -0.2) is 30.5 Å². The fourth-order valence-corrected chi connectivity index (χ4v) is 2.83. The van der Waals surface area contributed by atoms with Gasteiger partial charge < -0.3 is 9.26 Å². The van der Waals surface area contributed by atoms with E-state index >= 15 is 0 Å². The van der Waals surface area contributed by atoms with E-state index in [0.717, 1.165) is 0 Å². The Morgan fingerprint density at radius 2 is 1.73 bits per heavy atom. The number of nitrogens with zero attached hydrogens (tertiary/aromatic N) is 1. The second-order valence-electron chi connectivity index (χ2n) is 5.51. The maximum atomic E-state index is 12.7. The zero-order valence-electron chi connectivity index (χ0n) is 13.5. The fourth-order valence-electron chi connectivity index (χ4n) is 1.32. The summed E-state index contributed by atoms with van der Waals surface area (Å²) >= 11 is 0. The van der Waals surface area contributed by atoms with Crippen molar-refractivity contribution in [3.8, 4) is 11.5 Å². The van der Waals surface area contributed by atoms with E-state index < -0.39 is 13.4 Å². The second kappa shape index (κ2) is 8.31. The largest absolute Gasteiger partial charge is 0.530 e. The molecule has 0 aliphatic rings. The summed E-state index contributed by atoms with van der Waals surface area (Å²) in [6.07, 6.45) is 1.18. The number of aromatic amines is 1. The van der Waals surface area contributed by atoms with Crippen molar-refractivity contribution < 1.29 is 22.9 Å². The van der Waals surface area contributed by atoms with E-state index in [9.17, 15) is 9.36 Å². The molecular formula is C13H23N2O6P. The van der Waals surface area contributed by atoms with Gasteiger partial charge in [0.25, 0.3) is 0 Å². The number of aromatic nitrogens is 2. The van der Waals surface area contributed by atoms with Crippen LogP contribution >= 0.6 is 7.82 Å². The van der Waals surface area contributed by atoms with Crippen LogP contribution in [0.4, 0.5) is 0 Å². The molecule has 126 valence electrons. The van der Waals surface area contributed by atoms with Crippen LogP contribution in [0, 0.1) is 11.8 Å². The van der Waals surface area contributed by atoms with Gasteiger partial charge in [-0.1, -0.05) is 27.7 Å². The smallest absolute Gasteiger partial charge is 0.488 e. The summed E-state index contributed by atoms with van der Waals surface area (Å²) in [6, 6.07) is 0. The molecule has 0 aliphatic heterocycles. The molecule has 0 aromatic carbocycles. The van der Waals surface area contributed by atoms with E-state index in [1.165, 1.54) is 13.3 Å². The van der Waals surface area contributed by atoms with Crippen molar-refractivity contribution in [2.75, 3.05) is 20.3 Å². The third kappa shape index (κ3) is 5.79. The Hall–Kier alpha value is -1.37. The van der Waals surface area contributed by atoms with Gasteiger partial charge in [0.15, 0.2) is 5.75 Å². The monoisotopic (exact) mass is 334 g/mol. The minimum Gasteiger partial charge on any atom is -0.488 e. The number of hydrogen-bond acceptors (Lipinski definition) is 7. The summed E-state index contributed by atoms with van der Waals surface area (Å²) in [5.74, 6) is 0.0381. The summed E-state index contributed by atoms with van der Waals surface area (Å²) in [5, 5.41) is 5.79. The Bertz CT molecular complexity index is 556. The van der Waals surface area contributed by atoms with Gasteiger partial charge in [0.2, 0.25) is 5.75 Å². The van der Waals surface area contributed by atoms with Crippen LogP contribution in [0.1, 0.15) is 27.7 Å². The van der Waals surface area contributed by atoms with Crippen molar-refractivity contribution >= 4 is 7.82 Å². The number of methoxy groups -OCH3 is 1. The summed E-state index contributed by atoms with van der Waals surface area (Å²) < 4.78 is 33.6. The predicted molar refractivity (Wildman–Crippen MR) is 81.2 cm³/mol. The maximum Gasteiger partial charge on any atom is 0.530 e. The van der Waals surface area contributed by atoms with Gasteiger partial charge >= 0.3 is 13.4 Å². The third-order valence-corrected chi connectivity index (χ3v) is 3.68. The zero-order chi connectivity index (χ0) is 16.8. The second-order valence-corrected chi connectivity index (χ2v) is 7.11. The Balaban J connectivity index is 2.99. The van der Waals surface area contributed by atoms with Crippen molar-refractivity contribution in [3.05, 3.63) is 16.6 Å². The molecule has 0 saturated carbocycles. The molecule has 0 saturated heterocycles. The van der Waals surface area contributed by atoms with Crippen LogP contribution in [0.5, 0.6) is 11.5 Å². The van der Waals surface area contributed by atoms with Crippen LogP contribution in [0.3, 0.4) is 0 Å². The molecule has 0 unspecified atom stereocenters. The quantitative estimate of drug-likeness (QED) is 0.693. The van der Waals surface area contributed by atoms with Crippen molar-refractivity contribution in [1.29, 1.82) is 0 Å². The normalized spacial score (nSPS) is 12.0. The molecule has 1 N–H and O–H groups in total. The lowest BCUT2D eigenvalue weighted by atomic mass is 10.2. The first-order chi connectivity index (χ1) is 10.3. The molecule has 22 heavy (non-hydrogen) atoms. The molecule has 0 bridgehead atoms. The van der Waals surface area contributed by atoms with Crippen LogP contribution < -0.4 is 14.8 Å². The van der Waals surface area contributed by atoms with Gasteiger partial charge in [-0.15, -0.1) is 0 Å². The van der Waals surface area contributed by atoms with Crippen LogP contribution in [0.2, 0.25) is 0 Å². The van der Waals surface area contributed by atoms with Crippen molar-refractivity contribution in [2.24, 2.45) is 11.8 Å². The van der Waals surface area contributed by atoms with Crippen LogP contribution in [-0.2, 0) is 13.6 Å². The van der Waals surface area contributed by atoms with Gasteiger partial charge in [0.1, 0.15) is 0 Å². The number of H-pyrrole nitrogens is 1. The number of phosphoric acid groups is 1. The van der Waals surface area contributed by atoms with E-state index in [0.29, 0.717) is 0 Å². The van der Waals surface area contributed by atoms with Gasteiger partial charge in [-0.05, 0) is 11.8 Å². The number of hydrogen-bond donors (Lipinski definition) is 1. The zero-order valence-corrected chi connectivity index (χ0v) is 14.4. The lowest BCUT2D eigenvalue weighted by Crippen LogP contribution is -2.14. The van der Waals surface area contributed by atoms with E-state index in [2.05, 4.69) is 10.2 Å². The maximum absolute atomic E-state index is 12.7. The molecule has 0 fully saturated rings. The van der Waals surface area contributed by atoms with Gasteiger partial charge in [-0.25, -0.2) is 9.66 Å². The average molecular weight is 334 g/mol. The predicted octanol–water partition coefficient (Wildman–Crippen LogP) is 2.61. The van der Waals surface area contributed by atoms with Crippen molar-refractivity contribution in [1.82, 2.24) is 10.2 Å². The van der Waals surface area contributed by atoms with Gasteiger partial charge in [0, 0.05) is 0 Å². The Kier molecular flexibility index (Phi) is 7.06. The summed E-state index contributed by atoms with van der Waals surface area (Å²) in [4.78, 5) is 11.6. The molecule has 0 aliphatic carbocycles. The molecule has 0 atom stereocenters. The standard InChI is InChI=1S/C13H23N2O6P/c1-9(2)7-19-22(17,20-8-10(3)4)21-11-6-14-15-13(16)12(11)18-5/h6,9-10H,7-8H2,1-5H3,(H,15,16). The molecule has 0 amide bonds. The Labute approximate surface area is 129 Å². The molecule has 9 heteroatoms. The van der Waals surface area contributed by atoms with E-state index in [1.54, 1.807) is 0 Å². The number of phosphoric ester groups is 1. The first-order valence-electron chi connectivity index (χ1n) is 6.97. The molecule has 8 nitrogen and oxygen atoms in total. The molecule has 0 spiro atoms. The van der Waals surface area contributed by atoms with Gasteiger partial charge in [-0.2, -0.15) is 5.10 Å². The molecule has 1 aromatic rings. The fraction of sp³-hybridized carbons (Fsp3) is 0.692. The molecular weight excluding hydrogens is 311 g/mol. The van der Waals surface area contributed by atoms with E-state index in [-0.39, 0.29) is 36.5 Å². The van der Waals surface area contributed by atoms with E-state index in [4.69, 9.17) is 18.3 Å². The lowest BCUT2D eigenvalue weighted by molar-refractivity contribution is 0.130. The molecule has 1 aromatic heterocycles. The van der Waals surface area contributed by atoms with Gasteiger partial charge in [-0.3, -0.25) is 13.8 Å². The number of nitrogens with one attached hydrogen (secondary N) is 1. The lowest BCUT2D eigenvalue weighted by Gasteiger charge is -2.20. The summed E-state index contributed by atoms with van der Waals surface area (Å²) in [6.45, 7) is 8.00. The summed E-state index contributed by atoms with van der Waals surface area (Å²) in [5.41, 5.74) is -0.598. The topological polar surface area (TPSA) is 99.7 Å². The Morgan fingerprint density at radius 1 is 1.18 bits per heavy atom. The SMILES string of the molecule is COc1c(OP(=O)(OCC(C)C)OCC(C)C)cn[nH]c1=O. The minimum atomic E-state index is -3.88. The number of ether oxygens (including phenoxy) is 1. The number of rotatable bonds is 9. The van der Waals surface area contributed by atoms with Crippen molar-refractivity contribution in [3.63, 3.8) is 0 Å². The van der Waals surface area contributed by atoms with E-state index in [1.807, 2.05) is 27.7 Å². The van der Waals surface area contributed by atoms with Crippen LogP contribution in [0.25, 0.3) is 0 Å². The average Bonchev–Trinajstić information content (AvgIpc) is 2.44. The first-order valence-corrected chi connectivity index (χ1v) is 8.44. The highest BCUT2D eigenvalue weighted by Gasteiger charge is 2.31. The highest BCUT2D eigenvalue weighted by Crippen LogP contribution is 2.51. The minimum absolute atomic E-state index is 0.0953. The first kappa shape index (κ1) is 18.7. The molecule has 1 heterocycles. The molecule has 0 radical (unpaired) electrons. The third-order valence-electron chi connectivity index (χ3n) is 2.32. The van der Waals surface area contributed by atoms with Crippen LogP contribution in [0.15, 0.2) is 11.0 Å². The summed E-state index contributed by atoms with van der Waals surface area (Å²) in [7, 11) is -2.58. The highest BCUT2D eigenvalue weighted by atomic mass is 31.2. The van der Waals surface area contributed by atoms with Gasteiger partial charge in [0.05, 0.1) is 26.5 Å². The highest BCUT2D eigenvalue weighted by molar-refractivity contribution is 7.48. The Morgan fingerprint density at radius 3 is 2.18 bits per heavy atom. The molecule has 1 rings (SSSR count).